The number of sulfonamides is 1. The van der Waals surface area contributed by atoms with Crippen LogP contribution >= 0.6 is 11.6 Å². The molecule has 2 N–H and O–H groups in total. The van der Waals surface area contributed by atoms with Gasteiger partial charge in [-0.2, -0.15) is 4.72 Å². The van der Waals surface area contributed by atoms with Gasteiger partial charge in [-0.15, -0.1) is 0 Å². The number of para-hydroxylation sites is 1. The number of hydrogen-bond donors (Lipinski definition) is 2. The molecule has 0 aliphatic carbocycles. The maximum atomic E-state index is 14.0. The molecule has 0 radical (unpaired) electrons. The molecule has 33 heavy (non-hydrogen) atoms. The number of amides is 1. The van der Waals surface area contributed by atoms with Crippen molar-refractivity contribution in [2.45, 2.75) is 24.3 Å². The number of carbonyl (C=O) groups excluding carboxylic acids is 1. The molecular formula is C23H21ClF2N2O4S. The van der Waals surface area contributed by atoms with Crippen LogP contribution in [0.1, 0.15) is 12.5 Å². The predicted octanol–water partition coefficient (Wildman–Crippen LogP) is 4.55. The van der Waals surface area contributed by atoms with Crippen molar-refractivity contribution in [1.29, 1.82) is 0 Å². The Kier molecular flexibility index (Phi) is 8.01. The Labute approximate surface area is 195 Å². The molecule has 0 heterocycles. The van der Waals surface area contributed by atoms with Crippen LogP contribution in [0.3, 0.4) is 0 Å². The predicted molar refractivity (Wildman–Crippen MR) is 122 cm³/mol. The molecule has 0 aromatic heterocycles. The highest BCUT2D eigenvalue weighted by Gasteiger charge is 2.28. The van der Waals surface area contributed by atoms with E-state index in [1.807, 2.05) is 0 Å². The molecule has 1 unspecified atom stereocenters. The van der Waals surface area contributed by atoms with Crippen LogP contribution in [0.15, 0.2) is 71.6 Å². The van der Waals surface area contributed by atoms with Crippen molar-refractivity contribution in [1.82, 2.24) is 4.72 Å². The van der Waals surface area contributed by atoms with Crippen molar-refractivity contribution < 1.29 is 26.7 Å². The molecule has 3 aromatic rings. The lowest BCUT2D eigenvalue weighted by Crippen LogP contribution is -2.45. The molecular weight excluding hydrogens is 474 g/mol. The molecule has 0 saturated heterocycles. The van der Waals surface area contributed by atoms with Gasteiger partial charge in [-0.3, -0.25) is 4.79 Å². The Morgan fingerprint density at radius 3 is 2.30 bits per heavy atom. The van der Waals surface area contributed by atoms with Crippen LogP contribution in [0.5, 0.6) is 5.75 Å². The molecule has 0 aliphatic rings. The highest BCUT2D eigenvalue weighted by molar-refractivity contribution is 7.89. The van der Waals surface area contributed by atoms with Crippen LogP contribution in [0.4, 0.5) is 14.5 Å². The second-order valence-electron chi connectivity index (χ2n) is 6.97. The first-order chi connectivity index (χ1) is 15.7. The van der Waals surface area contributed by atoms with Crippen LogP contribution in [-0.4, -0.2) is 27.0 Å². The molecule has 6 nitrogen and oxygen atoms in total. The van der Waals surface area contributed by atoms with E-state index in [1.165, 1.54) is 18.2 Å². The van der Waals surface area contributed by atoms with Crippen LogP contribution in [0.2, 0.25) is 5.02 Å². The Morgan fingerprint density at radius 2 is 1.70 bits per heavy atom. The van der Waals surface area contributed by atoms with Crippen LogP contribution in [0, 0.1) is 11.6 Å². The van der Waals surface area contributed by atoms with Gasteiger partial charge in [-0.05, 0) is 49.2 Å². The van der Waals surface area contributed by atoms with Gasteiger partial charge in [0, 0.05) is 0 Å². The highest BCUT2D eigenvalue weighted by atomic mass is 35.5. The zero-order valence-corrected chi connectivity index (χ0v) is 19.1. The number of benzene rings is 3. The van der Waals surface area contributed by atoms with Gasteiger partial charge in [0.05, 0.1) is 16.5 Å². The first-order valence-corrected chi connectivity index (χ1v) is 11.8. The summed E-state index contributed by atoms with van der Waals surface area (Å²) in [5.41, 5.74) is -0.0250. The summed E-state index contributed by atoms with van der Waals surface area (Å²) in [5, 5.41) is 2.23. The standard InChI is InChI=1S/C23H21ClF2N2O4S/c1-2-32-21-12-11-16(14-17(21)24)33(30,31)28-20(13-15-7-4-3-5-8-15)23(29)27-22-18(25)9-6-10-19(22)26/h3-12,14,20,28H,2,13H2,1H3,(H,27,29). The fourth-order valence-electron chi connectivity index (χ4n) is 3.04. The highest BCUT2D eigenvalue weighted by Crippen LogP contribution is 2.27. The van der Waals surface area contributed by atoms with Gasteiger partial charge in [0.2, 0.25) is 15.9 Å². The number of anilines is 1. The summed E-state index contributed by atoms with van der Waals surface area (Å²) < 4.78 is 61.7. The second kappa shape index (κ2) is 10.7. The third-order valence-electron chi connectivity index (χ3n) is 4.62. The summed E-state index contributed by atoms with van der Waals surface area (Å²) in [6, 6.07) is 14.2. The number of hydrogen-bond acceptors (Lipinski definition) is 4. The Hall–Kier alpha value is -3.01. The van der Waals surface area contributed by atoms with E-state index in [0.717, 1.165) is 18.2 Å². The summed E-state index contributed by atoms with van der Waals surface area (Å²) in [6.07, 6.45) is -0.0628. The van der Waals surface area contributed by atoms with Gasteiger partial charge in [0.1, 0.15) is 29.1 Å². The largest absolute Gasteiger partial charge is 0.492 e. The molecule has 0 bridgehead atoms. The SMILES string of the molecule is CCOc1ccc(S(=O)(=O)NC(Cc2ccccc2)C(=O)Nc2c(F)cccc2F)cc1Cl. The fourth-order valence-corrected chi connectivity index (χ4v) is 4.56. The first-order valence-electron chi connectivity index (χ1n) is 9.94. The van der Waals surface area contributed by atoms with E-state index < -0.39 is 39.3 Å². The molecule has 1 amide bonds. The maximum Gasteiger partial charge on any atom is 0.243 e. The summed E-state index contributed by atoms with van der Waals surface area (Å²) >= 11 is 6.11. The van der Waals surface area contributed by atoms with E-state index in [-0.39, 0.29) is 16.3 Å². The van der Waals surface area contributed by atoms with Gasteiger partial charge in [-0.1, -0.05) is 48.0 Å². The summed E-state index contributed by atoms with van der Waals surface area (Å²) in [7, 11) is -4.23. The van der Waals surface area contributed by atoms with Crippen molar-refractivity contribution in [3.05, 3.63) is 89.0 Å². The quantitative estimate of drug-likeness (QED) is 0.457. The van der Waals surface area contributed by atoms with E-state index in [1.54, 1.807) is 37.3 Å². The van der Waals surface area contributed by atoms with E-state index >= 15 is 0 Å². The second-order valence-corrected chi connectivity index (χ2v) is 9.10. The summed E-state index contributed by atoms with van der Waals surface area (Å²) in [5.74, 6) is -2.58. The fraction of sp³-hybridized carbons (Fsp3) is 0.174. The average molecular weight is 495 g/mol. The van der Waals surface area contributed by atoms with Crippen LogP contribution in [-0.2, 0) is 21.2 Å². The lowest BCUT2D eigenvalue weighted by Gasteiger charge is -2.19. The van der Waals surface area contributed by atoms with E-state index in [2.05, 4.69) is 10.0 Å². The Balaban J connectivity index is 1.90. The lowest BCUT2D eigenvalue weighted by atomic mass is 10.1. The maximum absolute atomic E-state index is 14.0. The smallest absolute Gasteiger partial charge is 0.243 e. The third-order valence-corrected chi connectivity index (χ3v) is 6.39. The topological polar surface area (TPSA) is 84.5 Å². The minimum Gasteiger partial charge on any atom is -0.492 e. The zero-order chi connectivity index (χ0) is 24.0. The lowest BCUT2D eigenvalue weighted by molar-refractivity contribution is -0.117. The van der Waals surface area contributed by atoms with Crippen molar-refractivity contribution in [2.24, 2.45) is 0 Å². The van der Waals surface area contributed by atoms with E-state index in [9.17, 15) is 22.0 Å². The molecule has 1 atom stereocenters. The molecule has 3 rings (SSSR count). The van der Waals surface area contributed by atoms with Gasteiger partial charge in [0.15, 0.2) is 0 Å². The Bertz CT molecular complexity index is 1220. The third kappa shape index (κ3) is 6.28. The van der Waals surface area contributed by atoms with Gasteiger partial charge >= 0.3 is 0 Å². The van der Waals surface area contributed by atoms with E-state index in [0.29, 0.717) is 17.9 Å². The molecule has 3 aromatic carbocycles. The minimum atomic E-state index is -4.23. The monoisotopic (exact) mass is 494 g/mol. The number of carbonyl (C=O) groups is 1. The zero-order valence-electron chi connectivity index (χ0n) is 17.5. The summed E-state index contributed by atoms with van der Waals surface area (Å²) in [4.78, 5) is 12.7. The molecule has 0 aliphatic heterocycles. The minimum absolute atomic E-state index is 0.0628. The van der Waals surface area contributed by atoms with Crippen LogP contribution < -0.4 is 14.8 Å². The van der Waals surface area contributed by atoms with Gasteiger partial charge in [-0.25, -0.2) is 17.2 Å². The molecule has 174 valence electrons. The van der Waals surface area contributed by atoms with Crippen molar-refractivity contribution in [2.75, 3.05) is 11.9 Å². The van der Waals surface area contributed by atoms with Crippen molar-refractivity contribution in [3.8, 4) is 5.75 Å². The Morgan fingerprint density at radius 1 is 1.03 bits per heavy atom. The molecule has 0 fully saturated rings. The van der Waals surface area contributed by atoms with Gasteiger partial charge in [0.25, 0.3) is 0 Å². The average Bonchev–Trinajstić information content (AvgIpc) is 2.78. The molecule has 0 saturated carbocycles. The number of ether oxygens (including phenoxy) is 1. The van der Waals surface area contributed by atoms with Gasteiger partial charge < -0.3 is 10.1 Å². The number of rotatable bonds is 9. The van der Waals surface area contributed by atoms with Crippen molar-refractivity contribution in [3.63, 3.8) is 0 Å². The normalized spacial score (nSPS) is 12.2. The van der Waals surface area contributed by atoms with Crippen molar-refractivity contribution >= 4 is 33.2 Å². The molecule has 0 spiro atoms. The van der Waals surface area contributed by atoms with Crippen LogP contribution in [0.25, 0.3) is 0 Å². The number of halogens is 3. The number of nitrogens with one attached hydrogen (secondary N) is 2. The summed E-state index contributed by atoms with van der Waals surface area (Å²) in [6.45, 7) is 2.10. The first kappa shape index (κ1) is 24.6. The molecule has 10 heteroatoms. The van der Waals surface area contributed by atoms with E-state index in [4.69, 9.17) is 16.3 Å².